The Bertz CT molecular complexity index is 649. The number of hydrogen-bond donors (Lipinski definition) is 1. The molecule has 0 saturated carbocycles. The molecule has 1 aromatic carbocycles. The van der Waals surface area contributed by atoms with Crippen molar-refractivity contribution in [2.45, 2.75) is 6.42 Å². The van der Waals surface area contributed by atoms with E-state index in [-0.39, 0.29) is 11.6 Å². The van der Waals surface area contributed by atoms with Crippen LogP contribution in [0.4, 0.5) is 11.4 Å². The van der Waals surface area contributed by atoms with Gasteiger partial charge < -0.3 is 9.88 Å². The molecule has 1 aliphatic heterocycles. The molecular formula is C13H11N3O3. The first-order chi connectivity index (χ1) is 9.16. The van der Waals surface area contributed by atoms with Crippen LogP contribution in [0.2, 0.25) is 0 Å². The summed E-state index contributed by atoms with van der Waals surface area (Å²) in [5.41, 5.74) is 2.09. The monoisotopic (exact) mass is 257 g/mol. The number of nitrogens with one attached hydrogen (secondary N) is 1. The van der Waals surface area contributed by atoms with Crippen molar-refractivity contribution < 1.29 is 9.72 Å². The van der Waals surface area contributed by atoms with E-state index in [0.717, 1.165) is 12.0 Å². The van der Waals surface area contributed by atoms with Crippen molar-refractivity contribution in [3.63, 3.8) is 0 Å². The molecular weight excluding hydrogens is 246 g/mol. The minimum absolute atomic E-state index is 0.00457. The summed E-state index contributed by atoms with van der Waals surface area (Å²) in [6.07, 6.45) is 2.40. The van der Waals surface area contributed by atoms with E-state index in [4.69, 9.17) is 0 Å². The summed E-state index contributed by atoms with van der Waals surface area (Å²) in [4.78, 5) is 27.1. The molecule has 1 amide bonds. The van der Waals surface area contributed by atoms with Crippen molar-refractivity contribution in [3.8, 4) is 0 Å². The summed E-state index contributed by atoms with van der Waals surface area (Å²) in [6.45, 7) is 0.550. The first-order valence-corrected chi connectivity index (χ1v) is 5.89. The highest BCUT2D eigenvalue weighted by atomic mass is 16.6. The molecule has 0 atom stereocenters. The summed E-state index contributed by atoms with van der Waals surface area (Å²) in [5, 5.41) is 10.8. The van der Waals surface area contributed by atoms with Crippen LogP contribution in [0.5, 0.6) is 0 Å². The lowest BCUT2D eigenvalue weighted by atomic mass is 10.1. The van der Waals surface area contributed by atoms with Crippen LogP contribution in [-0.4, -0.2) is 22.4 Å². The van der Waals surface area contributed by atoms with Crippen LogP contribution >= 0.6 is 0 Å². The maximum atomic E-state index is 12.3. The fraction of sp³-hybridized carbons (Fsp3) is 0.154. The Morgan fingerprint density at radius 2 is 2.21 bits per heavy atom. The van der Waals surface area contributed by atoms with Crippen LogP contribution in [0.3, 0.4) is 0 Å². The van der Waals surface area contributed by atoms with E-state index >= 15 is 0 Å². The number of nitrogens with zero attached hydrogens (tertiary/aromatic N) is 2. The summed E-state index contributed by atoms with van der Waals surface area (Å²) in [6, 6.07) is 8.09. The predicted molar refractivity (Wildman–Crippen MR) is 69.3 cm³/mol. The van der Waals surface area contributed by atoms with Crippen LogP contribution < -0.4 is 4.90 Å². The van der Waals surface area contributed by atoms with E-state index < -0.39 is 4.92 Å². The van der Waals surface area contributed by atoms with Gasteiger partial charge in [-0.3, -0.25) is 14.9 Å². The number of aromatic nitrogens is 1. The second-order valence-corrected chi connectivity index (χ2v) is 4.36. The number of carbonyl (C=O) groups excluding carboxylic acids is 1. The normalized spacial score (nSPS) is 13.4. The molecule has 1 N–H and O–H groups in total. The van der Waals surface area contributed by atoms with Gasteiger partial charge in [0, 0.05) is 24.9 Å². The molecule has 0 saturated heterocycles. The molecule has 96 valence electrons. The van der Waals surface area contributed by atoms with Crippen LogP contribution in [0.25, 0.3) is 0 Å². The van der Waals surface area contributed by atoms with Gasteiger partial charge in [-0.05, 0) is 24.1 Å². The molecule has 6 heteroatoms. The molecule has 6 nitrogen and oxygen atoms in total. The van der Waals surface area contributed by atoms with E-state index in [0.29, 0.717) is 17.9 Å². The second kappa shape index (κ2) is 4.24. The molecule has 0 aliphatic carbocycles. The maximum absolute atomic E-state index is 12.3. The zero-order valence-electron chi connectivity index (χ0n) is 10.00. The Labute approximate surface area is 108 Å². The number of amides is 1. The number of aromatic amines is 1. The molecule has 1 aromatic heterocycles. The van der Waals surface area contributed by atoms with Gasteiger partial charge in [0.25, 0.3) is 11.6 Å². The number of nitro benzene ring substituents is 1. The van der Waals surface area contributed by atoms with Gasteiger partial charge >= 0.3 is 0 Å². The van der Waals surface area contributed by atoms with E-state index in [1.807, 2.05) is 0 Å². The van der Waals surface area contributed by atoms with Gasteiger partial charge in [-0.25, -0.2) is 0 Å². The Morgan fingerprint density at radius 1 is 1.37 bits per heavy atom. The third kappa shape index (κ3) is 1.87. The van der Waals surface area contributed by atoms with Crippen LogP contribution in [0.15, 0.2) is 36.5 Å². The first kappa shape index (κ1) is 11.5. The summed E-state index contributed by atoms with van der Waals surface area (Å²) < 4.78 is 0. The van der Waals surface area contributed by atoms with Crippen molar-refractivity contribution in [1.29, 1.82) is 0 Å². The minimum Gasteiger partial charge on any atom is -0.357 e. The molecule has 3 rings (SSSR count). The van der Waals surface area contributed by atoms with Crippen molar-refractivity contribution in [2.75, 3.05) is 11.4 Å². The lowest BCUT2D eigenvalue weighted by molar-refractivity contribution is -0.384. The van der Waals surface area contributed by atoms with Crippen molar-refractivity contribution >= 4 is 17.3 Å². The summed E-state index contributed by atoms with van der Waals surface area (Å²) in [7, 11) is 0. The predicted octanol–water partition coefficient (Wildman–Crippen LogP) is 2.13. The van der Waals surface area contributed by atoms with Gasteiger partial charge in [0.1, 0.15) is 5.69 Å². The van der Waals surface area contributed by atoms with Gasteiger partial charge in [-0.15, -0.1) is 0 Å². The summed E-state index contributed by atoms with van der Waals surface area (Å²) in [5.74, 6) is -0.163. The van der Waals surface area contributed by atoms with E-state index in [1.165, 1.54) is 12.1 Å². The van der Waals surface area contributed by atoms with Crippen LogP contribution in [0, 0.1) is 10.1 Å². The number of anilines is 1. The molecule has 0 fully saturated rings. The minimum atomic E-state index is -0.449. The molecule has 0 bridgehead atoms. The standard InChI is InChI=1S/C13H11N3O3/c17-13(11-2-1-6-14-11)15-7-5-9-3-4-10(16(18)19)8-12(9)15/h1-4,6,8,14H,5,7H2. The number of hydrogen-bond acceptors (Lipinski definition) is 3. The fourth-order valence-corrected chi connectivity index (χ4v) is 2.30. The maximum Gasteiger partial charge on any atom is 0.274 e. The quantitative estimate of drug-likeness (QED) is 0.661. The lowest BCUT2D eigenvalue weighted by Crippen LogP contribution is -2.29. The molecule has 0 unspecified atom stereocenters. The van der Waals surface area contributed by atoms with E-state index in [9.17, 15) is 14.9 Å². The number of rotatable bonds is 2. The zero-order chi connectivity index (χ0) is 13.4. The number of fused-ring (bicyclic) bond motifs is 1. The Kier molecular flexibility index (Phi) is 2.56. The van der Waals surface area contributed by atoms with Gasteiger partial charge in [-0.2, -0.15) is 0 Å². The number of carbonyl (C=O) groups is 1. The van der Waals surface area contributed by atoms with E-state index in [2.05, 4.69) is 4.98 Å². The Balaban J connectivity index is 1.99. The topological polar surface area (TPSA) is 79.2 Å². The summed E-state index contributed by atoms with van der Waals surface area (Å²) >= 11 is 0. The molecule has 2 aromatic rings. The van der Waals surface area contributed by atoms with Crippen molar-refractivity contribution in [2.24, 2.45) is 0 Å². The average molecular weight is 257 g/mol. The highest BCUT2D eigenvalue weighted by Crippen LogP contribution is 2.32. The Hall–Kier alpha value is -2.63. The van der Waals surface area contributed by atoms with Gasteiger partial charge in [-0.1, -0.05) is 6.07 Å². The molecule has 0 spiro atoms. The highest BCUT2D eigenvalue weighted by Gasteiger charge is 2.27. The average Bonchev–Trinajstić information content (AvgIpc) is 3.06. The van der Waals surface area contributed by atoms with Crippen molar-refractivity contribution in [3.05, 3.63) is 57.9 Å². The van der Waals surface area contributed by atoms with Gasteiger partial charge in [0.15, 0.2) is 0 Å². The largest absolute Gasteiger partial charge is 0.357 e. The molecule has 1 aliphatic rings. The SMILES string of the molecule is O=C(c1ccc[nH]1)N1CCc2ccc([N+](=O)[O-])cc21. The number of benzene rings is 1. The first-order valence-electron chi connectivity index (χ1n) is 5.89. The zero-order valence-corrected chi connectivity index (χ0v) is 10.00. The number of H-pyrrole nitrogens is 1. The second-order valence-electron chi connectivity index (χ2n) is 4.36. The fourth-order valence-electron chi connectivity index (χ4n) is 2.30. The van der Waals surface area contributed by atoms with Crippen LogP contribution in [0.1, 0.15) is 16.1 Å². The Morgan fingerprint density at radius 3 is 2.89 bits per heavy atom. The highest BCUT2D eigenvalue weighted by molar-refractivity contribution is 6.06. The third-order valence-corrected chi connectivity index (χ3v) is 3.25. The molecule has 19 heavy (non-hydrogen) atoms. The third-order valence-electron chi connectivity index (χ3n) is 3.25. The number of non-ortho nitro benzene ring substituents is 1. The van der Waals surface area contributed by atoms with Gasteiger partial charge in [0.2, 0.25) is 0 Å². The van der Waals surface area contributed by atoms with Crippen molar-refractivity contribution in [1.82, 2.24) is 4.98 Å². The van der Waals surface area contributed by atoms with Crippen LogP contribution in [-0.2, 0) is 6.42 Å². The number of nitro groups is 1. The molecule has 2 heterocycles. The van der Waals surface area contributed by atoms with E-state index in [1.54, 1.807) is 29.3 Å². The molecule has 0 radical (unpaired) electrons. The smallest absolute Gasteiger partial charge is 0.274 e. The van der Waals surface area contributed by atoms with Gasteiger partial charge in [0.05, 0.1) is 10.6 Å². The lowest BCUT2D eigenvalue weighted by Gasteiger charge is -2.16.